The zero-order chi connectivity index (χ0) is 23.1. The van der Waals surface area contributed by atoms with Gasteiger partial charge in [-0.25, -0.2) is 0 Å². The fourth-order valence-corrected chi connectivity index (χ4v) is 5.71. The summed E-state index contributed by atoms with van der Waals surface area (Å²) < 4.78 is 16.9. The van der Waals surface area contributed by atoms with Crippen molar-refractivity contribution in [1.29, 1.82) is 0 Å². The molecule has 2 unspecified atom stereocenters. The van der Waals surface area contributed by atoms with Crippen molar-refractivity contribution in [2.45, 2.75) is 56.8 Å². The van der Waals surface area contributed by atoms with E-state index in [1.807, 2.05) is 23.1 Å². The van der Waals surface area contributed by atoms with Gasteiger partial charge in [-0.15, -0.1) is 0 Å². The van der Waals surface area contributed by atoms with Gasteiger partial charge in [-0.2, -0.15) is 4.98 Å². The van der Waals surface area contributed by atoms with Crippen molar-refractivity contribution in [3.8, 4) is 11.5 Å². The zero-order valence-corrected chi connectivity index (χ0v) is 19.3. The van der Waals surface area contributed by atoms with E-state index in [-0.39, 0.29) is 23.7 Å². The van der Waals surface area contributed by atoms with Crippen molar-refractivity contribution in [3.63, 3.8) is 0 Å². The highest BCUT2D eigenvalue weighted by atomic mass is 16.6. The number of amides is 2. The molecule has 2 saturated heterocycles. The lowest BCUT2D eigenvalue weighted by atomic mass is 9.95. The van der Waals surface area contributed by atoms with Gasteiger partial charge in [0, 0.05) is 50.1 Å². The summed E-state index contributed by atoms with van der Waals surface area (Å²) in [6, 6.07) is 5.58. The zero-order valence-electron chi connectivity index (χ0n) is 19.3. The van der Waals surface area contributed by atoms with Crippen LogP contribution in [0, 0.1) is 5.92 Å². The summed E-state index contributed by atoms with van der Waals surface area (Å²) in [5, 5.41) is 4.27. The normalized spacial score (nSPS) is 25.4. The highest BCUT2D eigenvalue weighted by Crippen LogP contribution is 2.38. The fraction of sp³-hybridized carbons (Fsp3) is 0.600. The monoisotopic (exact) mass is 466 g/mol. The number of benzene rings is 1. The minimum absolute atomic E-state index is 0.0208. The molecule has 0 N–H and O–H groups in total. The SMILES string of the molecule is O=C1CCC(c2noc(C3CC(=O)N(c4ccc5c(c4)OCCO5)C3)n2)CN1CC1CCCC1. The summed E-state index contributed by atoms with van der Waals surface area (Å²) in [7, 11) is 0. The molecule has 1 saturated carbocycles. The summed E-state index contributed by atoms with van der Waals surface area (Å²) in [5.41, 5.74) is 0.782. The van der Waals surface area contributed by atoms with E-state index in [0.717, 1.165) is 18.7 Å². The van der Waals surface area contributed by atoms with Crippen molar-refractivity contribution < 1.29 is 23.6 Å². The van der Waals surface area contributed by atoms with E-state index in [1.165, 1.54) is 25.7 Å². The number of fused-ring (bicyclic) bond motifs is 1. The first-order valence-corrected chi connectivity index (χ1v) is 12.5. The Morgan fingerprint density at radius 3 is 2.62 bits per heavy atom. The Morgan fingerprint density at radius 1 is 0.941 bits per heavy atom. The maximum atomic E-state index is 12.8. The van der Waals surface area contributed by atoms with Gasteiger partial charge >= 0.3 is 0 Å². The van der Waals surface area contributed by atoms with E-state index < -0.39 is 0 Å². The highest BCUT2D eigenvalue weighted by Gasteiger charge is 2.37. The van der Waals surface area contributed by atoms with Gasteiger partial charge in [-0.3, -0.25) is 9.59 Å². The van der Waals surface area contributed by atoms with Crippen LogP contribution in [0.5, 0.6) is 11.5 Å². The number of hydrogen-bond donors (Lipinski definition) is 0. The molecule has 0 spiro atoms. The molecular formula is C25H30N4O5. The Morgan fingerprint density at radius 2 is 1.76 bits per heavy atom. The van der Waals surface area contributed by atoms with Crippen LogP contribution in [-0.4, -0.2) is 59.7 Å². The van der Waals surface area contributed by atoms with E-state index in [9.17, 15) is 9.59 Å². The molecule has 9 heteroatoms. The molecule has 1 aromatic carbocycles. The van der Waals surface area contributed by atoms with Gasteiger partial charge in [0.2, 0.25) is 17.7 Å². The number of carbonyl (C=O) groups is 2. The van der Waals surface area contributed by atoms with E-state index in [2.05, 4.69) is 5.16 Å². The second kappa shape index (κ2) is 8.92. The molecule has 2 amide bonds. The Kier molecular flexibility index (Phi) is 5.63. The summed E-state index contributed by atoms with van der Waals surface area (Å²) >= 11 is 0. The van der Waals surface area contributed by atoms with Crippen LogP contribution in [0.2, 0.25) is 0 Å². The van der Waals surface area contributed by atoms with Crippen LogP contribution in [0.4, 0.5) is 5.69 Å². The third-order valence-electron chi connectivity index (χ3n) is 7.59. The maximum absolute atomic E-state index is 12.8. The highest BCUT2D eigenvalue weighted by molar-refractivity contribution is 5.96. The lowest BCUT2D eigenvalue weighted by Gasteiger charge is -2.33. The Labute approximate surface area is 198 Å². The molecule has 34 heavy (non-hydrogen) atoms. The second-order valence-corrected chi connectivity index (χ2v) is 9.91. The summed E-state index contributed by atoms with van der Waals surface area (Å²) in [4.78, 5) is 33.7. The molecule has 0 bridgehead atoms. The van der Waals surface area contributed by atoms with Gasteiger partial charge in [0.05, 0.1) is 5.92 Å². The Balaban J connectivity index is 1.13. The molecule has 2 atom stereocenters. The molecule has 6 rings (SSSR count). The van der Waals surface area contributed by atoms with Gasteiger partial charge in [-0.1, -0.05) is 18.0 Å². The lowest BCUT2D eigenvalue weighted by molar-refractivity contribution is -0.134. The molecule has 1 aromatic heterocycles. The topological polar surface area (TPSA) is 98.0 Å². The predicted molar refractivity (Wildman–Crippen MR) is 122 cm³/mol. The standard InChI is InChI=1S/C25H30N4O5/c30-22-8-5-17(14-28(22)13-16-3-1-2-4-16)24-26-25(34-27-24)18-11-23(31)29(15-18)19-6-7-20-21(12-19)33-10-9-32-20/h6-7,12,16-18H,1-5,8-11,13-15H2. The van der Waals surface area contributed by atoms with Crippen molar-refractivity contribution in [2.24, 2.45) is 5.92 Å². The number of piperidine rings is 1. The average molecular weight is 467 g/mol. The van der Waals surface area contributed by atoms with E-state index in [4.69, 9.17) is 19.0 Å². The molecule has 180 valence electrons. The number of aromatic nitrogens is 2. The lowest BCUT2D eigenvalue weighted by Crippen LogP contribution is -2.41. The third kappa shape index (κ3) is 4.12. The van der Waals surface area contributed by atoms with Crippen LogP contribution >= 0.6 is 0 Å². The van der Waals surface area contributed by atoms with Crippen molar-refractivity contribution in [1.82, 2.24) is 15.0 Å². The molecular weight excluding hydrogens is 436 g/mol. The van der Waals surface area contributed by atoms with Crippen molar-refractivity contribution >= 4 is 17.5 Å². The van der Waals surface area contributed by atoms with Crippen LogP contribution in [-0.2, 0) is 9.59 Å². The molecule has 4 aliphatic rings. The number of anilines is 1. The van der Waals surface area contributed by atoms with Gasteiger partial charge in [0.15, 0.2) is 17.3 Å². The minimum atomic E-state index is -0.151. The molecule has 3 aliphatic heterocycles. The molecule has 3 fully saturated rings. The van der Waals surface area contributed by atoms with E-state index >= 15 is 0 Å². The molecule has 1 aliphatic carbocycles. The summed E-state index contributed by atoms with van der Waals surface area (Å²) in [6.45, 7) is 3.02. The Hall–Kier alpha value is -3.10. The fourth-order valence-electron chi connectivity index (χ4n) is 5.71. The molecule has 2 aromatic rings. The van der Waals surface area contributed by atoms with Crippen LogP contribution in [0.25, 0.3) is 0 Å². The first-order valence-electron chi connectivity index (χ1n) is 12.5. The smallest absolute Gasteiger partial charge is 0.232 e. The first kappa shape index (κ1) is 21.4. The minimum Gasteiger partial charge on any atom is -0.486 e. The number of ether oxygens (including phenoxy) is 2. The van der Waals surface area contributed by atoms with Gasteiger partial charge in [0.1, 0.15) is 13.2 Å². The largest absolute Gasteiger partial charge is 0.486 e. The van der Waals surface area contributed by atoms with Gasteiger partial charge < -0.3 is 23.8 Å². The van der Waals surface area contributed by atoms with Crippen LogP contribution in [0.1, 0.15) is 68.5 Å². The quantitative estimate of drug-likeness (QED) is 0.667. The predicted octanol–water partition coefficient (Wildman–Crippen LogP) is 3.26. The summed E-state index contributed by atoms with van der Waals surface area (Å²) in [6.07, 6.45) is 6.58. The van der Waals surface area contributed by atoms with Crippen molar-refractivity contribution in [2.75, 3.05) is 37.7 Å². The molecule has 0 radical (unpaired) electrons. The number of hydrogen-bond acceptors (Lipinski definition) is 7. The molecule has 4 heterocycles. The number of nitrogens with zero attached hydrogens (tertiary/aromatic N) is 4. The number of likely N-dealkylation sites (tertiary alicyclic amines) is 1. The first-order chi connectivity index (χ1) is 16.6. The Bertz CT molecular complexity index is 1080. The number of rotatable bonds is 5. The van der Waals surface area contributed by atoms with E-state index in [1.54, 1.807) is 4.90 Å². The van der Waals surface area contributed by atoms with Gasteiger partial charge in [-0.05, 0) is 37.3 Å². The third-order valence-corrected chi connectivity index (χ3v) is 7.59. The molecule has 9 nitrogen and oxygen atoms in total. The second-order valence-electron chi connectivity index (χ2n) is 9.91. The van der Waals surface area contributed by atoms with Crippen molar-refractivity contribution in [3.05, 3.63) is 29.9 Å². The van der Waals surface area contributed by atoms with Gasteiger partial charge in [0.25, 0.3) is 0 Å². The van der Waals surface area contributed by atoms with E-state index in [0.29, 0.717) is 68.3 Å². The van der Waals surface area contributed by atoms with Crippen LogP contribution < -0.4 is 14.4 Å². The summed E-state index contributed by atoms with van der Waals surface area (Å²) in [5.74, 6) is 3.34. The van der Waals surface area contributed by atoms with Crippen LogP contribution in [0.3, 0.4) is 0 Å². The average Bonchev–Trinajstić information content (AvgIpc) is 3.61. The van der Waals surface area contributed by atoms with Crippen LogP contribution in [0.15, 0.2) is 22.7 Å². The maximum Gasteiger partial charge on any atom is 0.232 e. The number of carbonyl (C=O) groups excluding carboxylic acids is 2.